The minimum Gasteiger partial charge on any atom is -0.394 e. The van der Waals surface area contributed by atoms with Crippen molar-refractivity contribution >= 4 is 5.65 Å². The molecule has 2 N–H and O–H groups in total. The van der Waals surface area contributed by atoms with E-state index >= 15 is 0 Å². The van der Waals surface area contributed by atoms with Gasteiger partial charge in [-0.3, -0.25) is 8.97 Å². The van der Waals surface area contributed by atoms with Gasteiger partial charge in [-0.05, 0) is 6.07 Å². The Bertz CT molecular complexity index is 620. The summed E-state index contributed by atoms with van der Waals surface area (Å²) in [7, 11) is 0. The number of aliphatic hydroxyl groups is 2. The van der Waals surface area contributed by atoms with Crippen LogP contribution in [0.4, 0.5) is 0 Å². The zero-order valence-corrected chi connectivity index (χ0v) is 9.51. The van der Waals surface area contributed by atoms with Gasteiger partial charge in [-0.15, -0.1) is 0 Å². The molecule has 0 amide bonds. The maximum Gasteiger partial charge on any atom is 0.336 e. The summed E-state index contributed by atoms with van der Waals surface area (Å²) in [5.41, 5.74) is 0.286. The second kappa shape index (κ2) is 4.20. The van der Waals surface area contributed by atoms with E-state index in [-0.39, 0.29) is 18.7 Å². The van der Waals surface area contributed by atoms with Gasteiger partial charge in [0.15, 0.2) is 0 Å². The van der Waals surface area contributed by atoms with Crippen molar-refractivity contribution in [1.82, 2.24) is 14.0 Å². The molecule has 96 valence electrons. The monoisotopic (exact) mass is 251 g/mol. The summed E-state index contributed by atoms with van der Waals surface area (Å²) in [6.07, 6.45) is 3.03. The molecule has 0 spiro atoms. The molecule has 0 bridgehead atoms. The number of imidazole rings is 1. The van der Waals surface area contributed by atoms with Crippen molar-refractivity contribution in [3.8, 4) is 0 Å². The molecular weight excluding hydrogens is 238 g/mol. The summed E-state index contributed by atoms with van der Waals surface area (Å²) in [5.74, 6) is 0. The summed E-state index contributed by atoms with van der Waals surface area (Å²) in [6, 6.07) is 1.70. The zero-order valence-electron chi connectivity index (χ0n) is 9.51. The van der Waals surface area contributed by atoms with Gasteiger partial charge in [0, 0.05) is 25.0 Å². The number of hydrogen-bond donors (Lipinski definition) is 2. The highest BCUT2D eigenvalue weighted by atomic mass is 16.5. The lowest BCUT2D eigenvalue weighted by Crippen LogP contribution is -2.29. The normalized spacial score (nSPS) is 28.0. The van der Waals surface area contributed by atoms with E-state index in [1.165, 1.54) is 8.97 Å². The van der Waals surface area contributed by atoms with E-state index in [0.29, 0.717) is 5.65 Å². The molecule has 1 aliphatic rings. The maximum absolute atomic E-state index is 12.1. The number of aromatic nitrogens is 3. The van der Waals surface area contributed by atoms with Crippen LogP contribution in [0, 0.1) is 0 Å². The lowest BCUT2D eigenvalue weighted by molar-refractivity contribution is -0.0459. The Kier molecular flexibility index (Phi) is 2.66. The molecule has 3 heterocycles. The van der Waals surface area contributed by atoms with Crippen LogP contribution < -0.4 is 5.69 Å². The molecule has 0 aromatic carbocycles. The van der Waals surface area contributed by atoms with Crippen molar-refractivity contribution in [3.05, 3.63) is 35.1 Å². The van der Waals surface area contributed by atoms with Crippen LogP contribution in [0.25, 0.3) is 5.65 Å². The van der Waals surface area contributed by atoms with Gasteiger partial charge in [0.05, 0.1) is 12.7 Å². The highest BCUT2D eigenvalue weighted by Crippen LogP contribution is 2.27. The Hall–Kier alpha value is -1.70. The van der Waals surface area contributed by atoms with Crippen LogP contribution in [-0.4, -0.2) is 43.0 Å². The topological polar surface area (TPSA) is 89.0 Å². The lowest BCUT2D eigenvalue weighted by atomic mass is 10.2. The Labute approximate surface area is 102 Å². The summed E-state index contributed by atoms with van der Waals surface area (Å²) >= 11 is 0. The van der Waals surface area contributed by atoms with E-state index in [4.69, 9.17) is 9.84 Å². The lowest BCUT2D eigenvalue weighted by Gasteiger charge is -2.14. The Morgan fingerprint density at radius 3 is 3.06 bits per heavy atom. The highest BCUT2D eigenvalue weighted by molar-refractivity contribution is 5.35. The summed E-state index contributed by atoms with van der Waals surface area (Å²) in [6.45, 7) is -0.264. The Morgan fingerprint density at radius 1 is 1.50 bits per heavy atom. The van der Waals surface area contributed by atoms with E-state index in [2.05, 4.69) is 4.98 Å². The largest absolute Gasteiger partial charge is 0.394 e. The number of fused-ring (bicyclic) bond motifs is 1. The quantitative estimate of drug-likeness (QED) is 0.724. The Balaban J connectivity index is 2.00. The molecule has 1 aliphatic heterocycles. The summed E-state index contributed by atoms with van der Waals surface area (Å²) < 4.78 is 8.25. The van der Waals surface area contributed by atoms with E-state index in [1.807, 2.05) is 0 Å². The molecule has 3 atom stereocenters. The third-order valence-corrected chi connectivity index (χ3v) is 3.17. The molecule has 2 aromatic rings. The average molecular weight is 251 g/mol. The van der Waals surface area contributed by atoms with Crippen LogP contribution in [0.5, 0.6) is 0 Å². The molecule has 0 radical (unpaired) electrons. The fourth-order valence-electron chi connectivity index (χ4n) is 2.20. The Morgan fingerprint density at radius 2 is 2.33 bits per heavy atom. The minimum absolute atomic E-state index is 0.264. The third kappa shape index (κ3) is 1.64. The summed E-state index contributed by atoms with van der Waals surface area (Å²) in [5, 5.41) is 18.7. The second-order valence-corrected chi connectivity index (χ2v) is 4.28. The molecule has 1 saturated heterocycles. The standard InChI is InChI=1S/C11H13N3O4/c15-6-8-7(16)5-10(18-8)14-3-1-9-12-2-4-13(9)11(14)17/h1-4,7-8,10,15-16H,5-6H2/t7-,8+,10+/m0/s1. The third-order valence-electron chi connectivity index (χ3n) is 3.17. The molecule has 1 fully saturated rings. The SMILES string of the molecule is O=c1n([C@H]2C[C@H](O)[C@@H](CO)O2)ccc2nccn12. The molecule has 7 nitrogen and oxygen atoms in total. The molecule has 2 aromatic heterocycles. The molecular formula is C11H13N3O4. The van der Waals surface area contributed by atoms with Crippen molar-refractivity contribution in [3.63, 3.8) is 0 Å². The van der Waals surface area contributed by atoms with Crippen molar-refractivity contribution in [1.29, 1.82) is 0 Å². The molecule has 18 heavy (non-hydrogen) atoms. The zero-order chi connectivity index (χ0) is 12.7. The van der Waals surface area contributed by atoms with Crippen molar-refractivity contribution in [2.75, 3.05) is 6.61 Å². The molecule has 0 aliphatic carbocycles. The first-order valence-electron chi connectivity index (χ1n) is 5.69. The van der Waals surface area contributed by atoms with Crippen LogP contribution in [-0.2, 0) is 4.74 Å². The predicted molar refractivity (Wildman–Crippen MR) is 61.1 cm³/mol. The molecule has 0 unspecified atom stereocenters. The van der Waals surface area contributed by atoms with Gasteiger partial charge in [-0.1, -0.05) is 0 Å². The number of nitrogens with zero attached hydrogens (tertiary/aromatic N) is 3. The van der Waals surface area contributed by atoms with Crippen LogP contribution in [0.1, 0.15) is 12.6 Å². The van der Waals surface area contributed by atoms with E-state index in [0.717, 1.165) is 0 Å². The van der Waals surface area contributed by atoms with Gasteiger partial charge in [-0.2, -0.15) is 0 Å². The van der Waals surface area contributed by atoms with E-state index < -0.39 is 18.4 Å². The van der Waals surface area contributed by atoms with Gasteiger partial charge in [0.25, 0.3) is 0 Å². The van der Waals surface area contributed by atoms with Crippen LogP contribution in [0.15, 0.2) is 29.5 Å². The van der Waals surface area contributed by atoms with Crippen molar-refractivity contribution in [2.45, 2.75) is 24.9 Å². The molecule has 7 heteroatoms. The van der Waals surface area contributed by atoms with E-state index in [1.54, 1.807) is 24.7 Å². The van der Waals surface area contributed by atoms with Crippen molar-refractivity contribution < 1.29 is 14.9 Å². The first-order valence-corrected chi connectivity index (χ1v) is 5.69. The van der Waals surface area contributed by atoms with Crippen molar-refractivity contribution in [2.24, 2.45) is 0 Å². The first kappa shape index (κ1) is 11.4. The first-order chi connectivity index (χ1) is 8.70. The number of hydrogen-bond acceptors (Lipinski definition) is 5. The van der Waals surface area contributed by atoms with Gasteiger partial charge >= 0.3 is 5.69 Å². The molecule has 0 saturated carbocycles. The minimum atomic E-state index is -0.759. The average Bonchev–Trinajstić information content (AvgIpc) is 2.96. The number of ether oxygens (including phenoxy) is 1. The predicted octanol–water partition coefficient (Wildman–Crippen LogP) is -0.863. The molecule has 3 rings (SSSR count). The number of rotatable bonds is 2. The second-order valence-electron chi connectivity index (χ2n) is 4.28. The highest BCUT2D eigenvalue weighted by Gasteiger charge is 2.34. The maximum atomic E-state index is 12.1. The van der Waals surface area contributed by atoms with Gasteiger partial charge in [0.1, 0.15) is 18.0 Å². The fraction of sp³-hybridized carbons (Fsp3) is 0.455. The van der Waals surface area contributed by atoms with Crippen LogP contribution >= 0.6 is 0 Å². The van der Waals surface area contributed by atoms with Gasteiger partial charge in [-0.25, -0.2) is 9.78 Å². The van der Waals surface area contributed by atoms with Gasteiger partial charge < -0.3 is 14.9 Å². The van der Waals surface area contributed by atoms with Crippen LogP contribution in [0.3, 0.4) is 0 Å². The fourth-order valence-corrected chi connectivity index (χ4v) is 2.20. The van der Waals surface area contributed by atoms with E-state index in [9.17, 15) is 9.90 Å². The van der Waals surface area contributed by atoms with Crippen LogP contribution in [0.2, 0.25) is 0 Å². The van der Waals surface area contributed by atoms with Gasteiger partial charge in [0.2, 0.25) is 0 Å². The summed E-state index contributed by atoms with van der Waals surface area (Å²) in [4.78, 5) is 16.2. The number of aliphatic hydroxyl groups excluding tert-OH is 2. The smallest absolute Gasteiger partial charge is 0.336 e.